The molecule has 1 saturated heterocycles. The van der Waals surface area contributed by atoms with Crippen molar-refractivity contribution in [3.8, 4) is 11.5 Å². The van der Waals surface area contributed by atoms with E-state index in [9.17, 15) is 15.3 Å². The second-order valence-corrected chi connectivity index (χ2v) is 6.32. The Hall–Kier alpha value is -1.75. The highest BCUT2D eigenvalue weighted by atomic mass is 35.5. The van der Waals surface area contributed by atoms with Crippen LogP contribution in [0.15, 0.2) is 48.5 Å². The Kier molecular flexibility index (Phi) is 6.49. The first-order valence-electron chi connectivity index (χ1n) is 8.13. The van der Waals surface area contributed by atoms with Crippen LogP contribution in [-0.4, -0.2) is 27.4 Å². The molecule has 3 atom stereocenters. The van der Waals surface area contributed by atoms with Crippen molar-refractivity contribution >= 4 is 12.4 Å². The highest BCUT2D eigenvalue weighted by Gasteiger charge is 2.28. The van der Waals surface area contributed by atoms with E-state index in [2.05, 4.69) is 17.4 Å². The fourth-order valence-electron chi connectivity index (χ4n) is 3.38. The molecule has 0 aliphatic carbocycles. The predicted molar refractivity (Wildman–Crippen MR) is 96.7 cm³/mol. The molecular weight excluding hydrogens is 326 g/mol. The fourth-order valence-corrected chi connectivity index (χ4v) is 3.38. The summed E-state index contributed by atoms with van der Waals surface area (Å²) >= 11 is 0. The standard InChI is InChI=1S/C19H23NO3.ClH/c21-16-10-14(11-17(22)12-16)19(23)18-8-4-7-15(20-18)9-13-5-2-1-3-6-13;/h1-3,5-6,10-12,15,18-23H,4,7-9H2;1H. The fraction of sp³-hybridized carbons (Fsp3) is 0.368. The molecule has 4 N–H and O–H groups in total. The van der Waals surface area contributed by atoms with Crippen LogP contribution in [0.2, 0.25) is 0 Å². The highest BCUT2D eigenvalue weighted by Crippen LogP contribution is 2.30. The van der Waals surface area contributed by atoms with Crippen LogP contribution in [-0.2, 0) is 6.42 Å². The van der Waals surface area contributed by atoms with Gasteiger partial charge in [0.2, 0.25) is 0 Å². The second-order valence-electron chi connectivity index (χ2n) is 6.32. The van der Waals surface area contributed by atoms with Crippen LogP contribution in [0.3, 0.4) is 0 Å². The van der Waals surface area contributed by atoms with Crippen molar-refractivity contribution in [2.45, 2.75) is 43.9 Å². The van der Waals surface area contributed by atoms with Gasteiger partial charge < -0.3 is 20.6 Å². The Morgan fingerprint density at radius 3 is 2.33 bits per heavy atom. The minimum absolute atomic E-state index is 0. The summed E-state index contributed by atoms with van der Waals surface area (Å²) in [5, 5.41) is 33.3. The van der Waals surface area contributed by atoms with Crippen molar-refractivity contribution in [3.05, 3.63) is 59.7 Å². The number of phenols is 2. The number of halogens is 1. The molecule has 3 rings (SSSR count). The quantitative estimate of drug-likeness (QED) is 0.683. The normalized spacial score (nSPS) is 21.7. The molecular formula is C19H24ClNO3. The predicted octanol–water partition coefficient (Wildman–Crippen LogP) is 3.31. The summed E-state index contributed by atoms with van der Waals surface area (Å²) in [7, 11) is 0. The summed E-state index contributed by atoms with van der Waals surface area (Å²) in [5.74, 6) is -0.0635. The number of nitrogens with one attached hydrogen (secondary N) is 1. The lowest BCUT2D eigenvalue weighted by Gasteiger charge is -2.34. The number of hydrogen-bond donors (Lipinski definition) is 4. The Morgan fingerprint density at radius 1 is 1.00 bits per heavy atom. The molecule has 4 nitrogen and oxygen atoms in total. The molecule has 2 aromatic rings. The van der Waals surface area contributed by atoms with Gasteiger partial charge in [-0.2, -0.15) is 0 Å². The third-order valence-corrected chi connectivity index (χ3v) is 4.49. The van der Waals surface area contributed by atoms with Gasteiger partial charge in [0, 0.05) is 18.2 Å². The van der Waals surface area contributed by atoms with Gasteiger partial charge >= 0.3 is 0 Å². The van der Waals surface area contributed by atoms with Crippen molar-refractivity contribution in [1.29, 1.82) is 0 Å². The second kappa shape index (κ2) is 8.38. The summed E-state index contributed by atoms with van der Waals surface area (Å²) < 4.78 is 0. The van der Waals surface area contributed by atoms with Crippen LogP contribution in [0.25, 0.3) is 0 Å². The van der Waals surface area contributed by atoms with Crippen LogP contribution in [0.5, 0.6) is 11.5 Å². The maximum atomic E-state index is 10.6. The zero-order valence-corrected chi connectivity index (χ0v) is 14.2. The average Bonchev–Trinajstić information content (AvgIpc) is 2.54. The highest BCUT2D eigenvalue weighted by molar-refractivity contribution is 5.85. The molecule has 0 bridgehead atoms. The monoisotopic (exact) mass is 349 g/mol. The topological polar surface area (TPSA) is 72.7 Å². The van der Waals surface area contributed by atoms with E-state index in [1.165, 1.54) is 23.8 Å². The molecule has 0 radical (unpaired) electrons. The van der Waals surface area contributed by atoms with Gasteiger partial charge in [-0.05, 0) is 42.5 Å². The van der Waals surface area contributed by atoms with Gasteiger partial charge in [0.05, 0.1) is 6.10 Å². The molecule has 5 heteroatoms. The molecule has 1 heterocycles. The van der Waals surface area contributed by atoms with Gasteiger partial charge in [0.1, 0.15) is 11.5 Å². The van der Waals surface area contributed by atoms with Crippen molar-refractivity contribution < 1.29 is 15.3 Å². The molecule has 1 aliphatic heterocycles. The zero-order chi connectivity index (χ0) is 16.2. The summed E-state index contributed by atoms with van der Waals surface area (Å²) in [6.45, 7) is 0. The molecule has 0 saturated carbocycles. The Balaban J connectivity index is 0.00000208. The minimum Gasteiger partial charge on any atom is -0.508 e. The molecule has 24 heavy (non-hydrogen) atoms. The van der Waals surface area contributed by atoms with Gasteiger partial charge in [0.15, 0.2) is 0 Å². The molecule has 2 aromatic carbocycles. The average molecular weight is 350 g/mol. The largest absolute Gasteiger partial charge is 0.508 e. The smallest absolute Gasteiger partial charge is 0.119 e. The van der Waals surface area contributed by atoms with Gasteiger partial charge in [-0.1, -0.05) is 36.8 Å². The number of rotatable bonds is 4. The van der Waals surface area contributed by atoms with E-state index >= 15 is 0 Å². The summed E-state index contributed by atoms with van der Waals surface area (Å²) in [4.78, 5) is 0. The third-order valence-electron chi connectivity index (χ3n) is 4.49. The lowest BCUT2D eigenvalue weighted by molar-refractivity contribution is 0.101. The molecule has 0 spiro atoms. The number of aliphatic hydroxyl groups is 1. The maximum Gasteiger partial charge on any atom is 0.119 e. The first-order chi connectivity index (χ1) is 11.1. The number of hydrogen-bond acceptors (Lipinski definition) is 4. The Labute approximate surface area is 148 Å². The molecule has 0 aromatic heterocycles. The van der Waals surface area contributed by atoms with Crippen molar-refractivity contribution in [1.82, 2.24) is 5.32 Å². The van der Waals surface area contributed by atoms with Crippen LogP contribution in [0.1, 0.15) is 36.5 Å². The lowest BCUT2D eigenvalue weighted by atomic mass is 9.89. The van der Waals surface area contributed by atoms with Crippen LogP contribution in [0.4, 0.5) is 0 Å². The van der Waals surface area contributed by atoms with E-state index < -0.39 is 6.10 Å². The van der Waals surface area contributed by atoms with Crippen LogP contribution in [0, 0.1) is 0 Å². The Bertz CT molecular complexity index is 630. The van der Waals surface area contributed by atoms with Crippen molar-refractivity contribution in [3.63, 3.8) is 0 Å². The molecule has 130 valence electrons. The first kappa shape index (κ1) is 18.6. The number of piperidine rings is 1. The van der Waals surface area contributed by atoms with Crippen molar-refractivity contribution in [2.75, 3.05) is 0 Å². The van der Waals surface area contributed by atoms with Gasteiger partial charge in [0.25, 0.3) is 0 Å². The number of benzene rings is 2. The van der Waals surface area contributed by atoms with E-state index in [-0.39, 0.29) is 29.9 Å². The van der Waals surface area contributed by atoms with Crippen molar-refractivity contribution in [2.24, 2.45) is 0 Å². The molecule has 1 fully saturated rings. The third kappa shape index (κ3) is 4.63. The lowest BCUT2D eigenvalue weighted by Crippen LogP contribution is -2.46. The van der Waals surface area contributed by atoms with E-state index in [1.807, 2.05) is 18.2 Å². The summed E-state index contributed by atoms with van der Waals surface area (Å²) in [6, 6.07) is 14.9. The molecule has 1 aliphatic rings. The van der Waals surface area contributed by atoms with E-state index in [0.29, 0.717) is 11.6 Å². The van der Waals surface area contributed by atoms with Crippen LogP contribution < -0.4 is 5.32 Å². The SMILES string of the molecule is Cl.Oc1cc(O)cc(C(O)C2CCCC(Cc3ccccc3)N2)c1. The minimum atomic E-state index is -0.744. The number of aliphatic hydroxyl groups excluding tert-OH is 1. The number of phenolic OH excluding ortho intramolecular Hbond substituents is 2. The van der Waals surface area contributed by atoms with Gasteiger partial charge in [-0.15, -0.1) is 12.4 Å². The van der Waals surface area contributed by atoms with Gasteiger partial charge in [-0.3, -0.25) is 0 Å². The Morgan fingerprint density at radius 2 is 1.67 bits per heavy atom. The van der Waals surface area contributed by atoms with Crippen LogP contribution >= 0.6 is 12.4 Å². The summed E-state index contributed by atoms with van der Waals surface area (Å²) in [5.41, 5.74) is 1.83. The zero-order valence-electron chi connectivity index (χ0n) is 13.4. The van der Waals surface area contributed by atoms with Gasteiger partial charge in [-0.25, -0.2) is 0 Å². The maximum absolute atomic E-state index is 10.6. The van der Waals surface area contributed by atoms with E-state index in [0.717, 1.165) is 25.7 Å². The first-order valence-corrected chi connectivity index (χ1v) is 8.13. The summed E-state index contributed by atoms with van der Waals surface area (Å²) in [6.07, 6.45) is 3.21. The number of aromatic hydroxyl groups is 2. The molecule has 0 amide bonds. The van der Waals surface area contributed by atoms with E-state index in [4.69, 9.17) is 0 Å². The molecule has 3 unspecified atom stereocenters. The van der Waals surface area contributed by atoms with E-state index in [1.54, 1.807) is 0 Å².